The smallest absolute Gasteiger partial charge is 0.169 e. The molecular weight excluding hydrogens is 217 g/mol. The first-order valence-electron chi connectivity index (χ1n) is 6.01. The summed E-state index contributed by atoms with van der Waals surface area (Å²) in [4.78, 5) is 0. The summed E-state index contributed by atoms with van der Waals surface area (Å²) in [6.45, 7) is 2.75. The second-order valence-corrected chi connectivity index (χ2v) is 3.85. The normalized spacial score (nSPS) is 11.0. The number of hydrogen-bond donors (Lipinski definition) is 1. The molecule has 0 bridgehead atoms. The van der Waals surface area contributed by atoms with Crippen LogP contribution in [0.2, 0.25) is 0 Å². The first kappa shape index (κ1) is 13.7. The average molecular weight is 237 g/mol. The third-order valence-corrected chi connectivity index (χ3v) is 2.52. The zero-order chi connectivity index (χ0) is 12.5. The van der Waals surface area contributed by atoms with Crippen molar-refractivity contribution in [2.75, 3.05) is 6.61 Å². The summed E-state index contributed by atoms with van der Waals surface area (Å²) >= 11 is 0. The molecule has 2 nitrogen and oxygen atoms in total. The van der Waals surface area contributed by atoms with E-state index >= 15 is 0 Å². The molecule has 0 spiro atoms. The molecule has 0 heterocycles. The fourth-order valence-corrected chi connectivity index (χ4v) is 1.54. The Morgan fingerprint density at radius 3 is 2.88 bits per heavy atom. The van der Waals surface area contributed by atoms with Crippen LogP contribution in [0.25, 0.3) is 0 Å². The van der Waals surface area contributed by atoms with Crippen LogP contribution < -0.4 is 10.5 Å². The second-order valence-electron chi connectivity index (χ2n) is 3.85. The lowest BCUT2D eigenvalue weighted by molar-refractivity contribution is 0.291. The molecule has 0 amide bonds. The first-order valence-corrected chi connectivity index (χ1v) is 6.01. The Morgan fingerprint density at radius 2 is 2.18 bits per heavy atom. The highest BCUT2D eigenvalue weighted by Crippen LogP contribution is 2.20. The lowest BCUT2D eigenvalue weighted by Gasteiger charge is -2.08. The third-order valence-electron chi connectivity index (χ3n) is 2.52. The van der Waals surface area contributed by atoms with Crippen LogP contribution in [0, 0.1) is 5.82 Å². The van der Waals surface area contributed by atoms with Crippen molar-refractivity contribution in [3.8, 4) is 5.75 Å². The van der Waals surface area contributed by atoms with Crippen molar-refractivity contribution < 1.29 is 9.13 Å². The van der Waals surface area contributed by atoms with E-state index in [4.69, 9.17) is 10.5 Å². The Bertz CT molecular complexity index is 363. The molecule has 0 atom stereocenters. The van der Waals surface area contributed by atoms with Gasteiger partial charge in [-0.3, -0.25) is 0 Å². The van der Waals surface area contributed by atoms with Gasteiger partial charge in [0.25, 0.3) is 0 Å². The van der Waals surface area contributed by atoms with E-state index in [0.717, 1.165) is 19.3 Å². The van der Waals surface area contributed by atoms with Gasteiger partial charge in [-0.25, -0.2) is 4.39 Å². The minimum atomic E-state index is -0.330. The van der Waals surface area contributed by atoms with E-state index in [9.17, 15) is 4.39 Å². The van der Waals surface area contributed by atoms with Gasteiger partial charge in [-0.15, -0.1) is 0 Å². The van der Waals surface area contributed by atoms with Crippen LogP contribution in [0.5, 0.6) is 5.75 Å². The Hall–Kier alpha value is -1.35. The van der Waals surface area contributed by atoms with E-state index in [0.29, 0.717) is 17.9 Å². The summed E-state index contributed by atoms with van der Waals surface area (Å²) in [6.07, 6.45) is 7.19. The van der Waals surface area contributed by atoms with Gasteiger partial charge >= 0.3 is 0 Å². The first-order chi connectivity index (χ1) is 8.29. The maximum atomic E-state index is 13.7. The standard InChI is InChI=1S/C14H20FNO/c1-2-3-4-5-6-10-17-13-9-7-8-12(11-16)14(13)15/h2-3,7-9H,4-6,10-11,16H2,1H3. The summed E-state index contributed by atoms with van der Waals surface area (Å²) in [7, 11) is 0. The molecule has 0 aromatic heterocycles. The molecule has 0 unspecified atom stereocenters. The fraction of sp³-hybridized carbons (Fsp3) is 0.429. The molecule has 1 rings (SSSR count). The van der Waals surface area contributed by atoms with E-state index in [1.165, 1.54) is 0 Å². The molecule has 0 aliphatic rings. The van der Waals surface area contributed by atoms with Gasteiger partial charge in [0.1, 0.15) is 0 Å². The number of allylic oxidation sites excluding steroid dienone is 2. The van der Waals surface area contributed by atoms with Gasteiger partial charge in [-0.2, -0.15) is 0 Å². The number of rotatable bonds is 7. The largest absolute Gasteiger partial charge is 0.491 e. The van der Waals surface area contributed by atoms with Crippen LogP contribution in [-0.4, -0.2) is 6.61 Å². The lowest BCUT2D eigenvalue weighted by atomic mass is 10.2. The van der Waals surface area contributed by atoms with Crippen LogP contribution in [0.15, 0.2) is 30.4 Å². The minimum Gasteiger partial charge on any atom is -0.491 e. The monoisotopic (exact) mass is 237 g/mol. The summed E-state index contributed by atoms with van der Waals surface area (Å²) in [5, 5.41) is 0. The number of unbranched alkanes of at least 4 members (excludes halogenated alkanes) is 2. The van der Waals surface area contributed by atoms with Crippen LogP contribution in [0.3, 0.4) is 0 Å². The lowest BCUT2D eigenvalue weighted by Crippen LogP contribution is -2.04. The maximum Gasteiger partial charge on any atom is 0.169 e. The minimum absolute atomic E-state index is 0.199. The number of hydrogen-bond acceptors (Lipinski definition) is 2. The van der Waals surface area contributed by atoms with Crippen molar-refractivity contribution in [3.63, 3.8) is 0 Å². The van der Waals surface area contributed by atoms with E-state index in [2.05, 4.69) is 6.08 Å². The predicted molar refractivity (Wildman–Crippen MR) is 68.5 cm³/mol. The van der Waals surface area contributed by atoms with E-state index in [1.54, 1.807) is 18.2 Å². The van der Waals surface area contributed by atoms with E-state index in [1.807, 2.05) is 13.0 Å². The van der Waals surface area contributed by atoms with Crippen LogP contribution in [-0.2, 0) is 6.54 Å². The molecule has 0 radical (unpaired) electrons. The number of ether oxygens (including phenoxy) is 1. The molecule has 0 saturated carbocycles. The van der Waals surface area contributed by atoms with Gasteiger partial charge < -0.3 is 10.5 Å². The summed E-state index contributed by atoms with van der Waals surface area (Å²) in [5.41, 5.74) is 5.92. The van der Waals surface area contributed by atoms with Crippen LogP contribution in [0.4, 0.5) is 4.39 Å². The zero-order valence-corrected chi connectivity index (χ0v) is 10.3. The van der Waals surface area contributed by atoms with E-state index < -0.39 is 0 Å². The quantitative estimate of drug-likeness (QED) is 0.582. The van der Waals surface area contributed by atoms with Gasteiger partial charge in [0.15, 0.2) is 11.6 Å². The fourth-order valence-electron chi connectivity index (χ4n) is 1.54. The highest BCUT2D eigenvalue weighted by Gasteiger charge is 2.07. The summed E-state index contributed by atoms with van der Waals surface area (Å²) < 4.78 is 19.1. The molecule has 94 valence electrons. The average Bonchev–Trinajstić information content (AvgIpc) is 2.35. The molecule has 0 saturated heterocycles. The van der Waals surface area contributed by atoms with Gasteiger partial charge in [-0.1, -0.05) is 24.3 Å². The highest BCUT2D eigenvalue weighted by molar-refractivity contribution is 5.30. The maximum absolute atomic E-state index is 13.7. The number of benzene rings is 1. The molecule has 0 fully saturated rings. The Kier molecular flexibility index (Phi) is 6.33. The summed E-state index contributed by atoms with van der Waals surface area (Å²) in [5.74, 6) is -0.0255. The molecule has 2 N–H and O–H groups in total. The van der Waals surface area contributed by atoms with Crippen molar-refractivity contribution in [1.82, 2.24) is 0 Å². The van der Waals surface area contributed by atoms with Crippen LogP contribution in [0.1, 0.15) is 31.7 Å². The molecular formula is C14H20FNO. The molecule has 3 heteroatoms. The van der Waals surface area contributed by atoms with Crippen molar-refractivity contribution >= 4 is 0 Å². The van der Waals surface area contributed by atoms with Gasteiger partial charge in [0, 0.05) is 12.1 Å². The Labute approximate surface area is 102 Å². The summed E-state index contributed by atoms with van der Waals surface area (Å²) in [6, 6.07) is 5.08. The Morgan fingerprint density at radius 1 is 1.35 bits per heavy atom. The molecule has 0 aliphatic heterocycles. The highest BCUT2D eigenvalue weighted by atomic mass is 19.1. The number of nitrogens with two attached hydrogens (primary N) is 1. The predicted octanol–water partition coefficient (Wildman–Crippen LogP) is 3.41. The van der Waals surface area contributed by atoms with Gasteiger partial charge in [-0.05, 0) is 32.3 Å². The van der Waals surface area contributed by atoms with Crippen molar-refractivity contribution in [2.45, 2.75) is 32.7 Å². The topological polar surface area (TPSA) is 35.2 Å². The van der Waals surface area contributed by atoms with Gasteiger partial charge in [0.05, 0.1) is 6.61 Å². The Balaban J connectivity index is 2.36. The van der Waals surface area contributed by atoms with Crippen molar-refractivity contribution in [1.29, 1.82) is 0 Å². The molecule has 1 aromatic rings. The SMILES string of the molecule is CC=CCCCCOc1cccc(CN)c1F. The van der Waals surface area contributed by atoms with Crippen LogP contribution >= 0.6 is 0 Å². The zero-order valence-electron chi connectivity index (χ0n) is 10.3. The number of halogens is 1. The molecule has 17 heavy (non-hydrogen) atoms. The second kappa shape index (κ2) is 7.85. The van der Waals surface area contributed by atoms with Crippen molar-refractivity contribution in [2.24, 2.45) is 5.73 Å². The van der Waals surface area contributed by atoms with E-state index in [-0.39, 0.29) is 12.4 Å². The van der Waals surface area contributed by atoms with Gasteiger partial charge in [0.2, 0.25) is 0 Å². The van der Waals surface area contributed by atoms with Crippen molar-refractivity contribution in [3.05, 3.63) is 41.7 Å². The molecule has 0 aliphatic carbocycles. The third kappa shape index (κ3) is 4.57. The molecule has 1 aromatic carbocycles.